The van der Waals surface area contributed by atoms with Crippen molar-refractivity contribution in [3.63, 3.8) is 0 Å². The summed E-state index contributed by atoms with van der Waals surface area (Å²) < 4.78 is 25.4. The average molecular weight is 220 g/mol. The highest BCUT2D eigenvalue weighted by atomic mass is 32.2. The smallest absolute Gasteiger partial charge is 0.214 e. The molecule has 1 aliphatic rings. The van der Waals surface area contributed by atoms with Crippen molar-refractivity contribution in [3.05, 3.63) is 0 Å². The van der Waals surface area contributed by atoms with Crippen molar-refractivity contribution in [2.75, 3.05) is 25.4 Å². The Morgan fingerprint density at radius 1 is 1.50 bits per heavy atom. The molecule has 0 spiro atoms. The molecule has 0 saturated carbocycles. The maximum Gasteiger partial charge on any atom is 0.214 e. The molecule has 14 heavy (non-hydrogen) atoms. The van der Waals surface area contributed by atoms with E-state index < -0.39 is 10.0 Å². The van der Waals surface area contributed by atoms with E-state index in [1.807, 2.05) is 20.8 Å². The normalized spacial score (nSPS) is 25.6. The van der Waals surface area contributed by atoms with Gasteiger partial charge in [-0.1, -0.05) is 13.8 Å². The minimum absolute atomic E-state index is 0.0903. The van der Waals surface area contributed by atoms with Gasteiger partial charge in [0.1, 0.15) is 0 Å². The summed E-state index contributed by atoms with van der Waals surface area (Å²) in [5, 5.41) is 3.18. The van der Waals surface area contributed by atoms with Crippen LogP contribution in [-0.4, -0.2) is 44.2 Å². The molecular formula is C9H20N2O2S. The summed E-state index contributed by atoms with van der Waals surface area (Å²) in [7, 11) is -3.04. The van der Waals surface area contributed by atoms with Gasteiger partial charge in [0.05, 0.1) is 5.75 Å². The average Bonchev–Trinajstić information content (AvgIpc) is 2.02. The minimum atomic E-state index is -3.04. The van der Waals surface area contributed by atoms with Crippen LogP contribution in [-0.2, 0) is 10.0 Å². The second-order valence-electron chi connectivity index (χ2n) is 4.34. The zero-order valence-electron chi connectivity index (χ0n) is 9.16. The van der Waals surface area contributed by atoms with Crippen molar-refractivity contribution < 1.29 is 8.42 Å². The van der Waals surface area contributed by atoms with Gasteiger partial charge in [-0.15, -0.1) is 0 Å². The van der Waals surface area contributed by atoms with Gasteiger partial charge < -0.3 is 5.32 Å². The van der Waals surface area contributed by atoms with Crippen LogP contribution in [0.4, 0.5) is 0 Å². The fourth-order valence-corrected chi connectivity index (χ4v) is 3.78. The van der Waals surface area contributed by atoms with Gasteiger partial charge in [0.15, 0.2) is 0 Å². The van der Waals surface area contributed by atoms with Gasteiger partial charge in [0, 0.05) is 25.7 Å². The van der Waals surface area contributed by atoms with Gasteiger partial charge in [-0.05, 0) is 12.8 Å². The number of hydrogen-bond acceptors (Lipinski definition) is 3. The first-order valence-corrected chi connectivity index (χ1v) is 6.74. The summed E-state index contributed by atoms with van der Waals surface area (Å²) in [4.78, 5) is 0. The van der Waals surface area contributed by atoms with Gasteiger partial charge >= 0.3 is 0 Å². The van der Waals surface area contributed by atoms with Crippen molar-refractivity contribution in [1.29, 1.82) is 0 Å². The summed E-state index contributed by atoms with van der Waals surface area (Å²) in [6.07, 6.45) is 0. The largest absolute Gasteiger partial charge is 0.314 e. The lowest BCUT2D eigenvalue weighted by Crippen LogP contribution is -2.53. The van der Waals surface area contributed by atoms with E-state index in [1.165, 1.54) is 0 Å². The van der Waals surface area contributed by atoms with Crippen LogP contribution in [0.25, 0.3) is 0 Å². The predicted molar refractivity (Wildman–Crippen MR) is 57.7 cm³/mol. The molecule has 1 heterocycles. The Morgan fingerprint density at radius 3 is 2.64 bits per heavy atom. The van der Waals surface area contributed by atoms with E-state index in [-0.39, 0.29) is 17.7 Å². The van der Waals surface area contributed by atoms with Gasteiger partial charge in [-0.3, -0.25) is 0 Å². The van der Waals surface area contributed by atoms with Crippen molar-refractivity contribution >= 4 is 10.0 Å². The van der Waals surface area contributed by atoms with Crippen LogP contribution in [0, 0.1) is 5.92 Å². The molecule has 1 saturated heterocycles. The molecular weight excluding hydrogens is 200 g/mol. The van der Waals surface area contributed by atoms with Crippen LogP contribution in [0.15, 0.2) is 0 Å². The molecule has 5 heteroatoms. The first-order chi connectivity index (χ1) is 6.43. The fourth-order valence-electron chi connectivity index (χ4n) is 1.75. The summed E-state index contributed by atoms with van der Waals surface area (Å²) in [6.45, 7) is 7.95. The Labute approximate surface area is 86.7 Å². The maximum atomic E-state index is 11.9. The van der Waals surface area contributed by atoms with E-state index in [0.717, 1.165) is 13.1 Å². The first kappa shape index (κ1) is 11.9. The van der Waals surface area contributed by atoms with Crippen LogP contribution >= 0.6 is 0 Å². The zero-order valence-corrected chi connectivity index (χ0v) is 9.97. The third-order valence-electron chi connectivity index (χ3n) is 2.34. The zero-order chi connectivity index (χ0) is 10.8. The van der Waals surface area contributed by atoms with Crippen LogP contribution in [0.1, 0.15) is 20.8 Å². The van der Waals surface area contributed by atoms with E-state index in [0.29, 0.717) is 6.54 Å². The van der Waals surface area contributed by atoms with E-state index in [2.05, 4.69) is 5.32 Å². The summed E-state index contributed by atoms with van der Waals surface area (Å²) in [5.74, 6) is 0.458. The highest BCUT2D eigenvalue weighted by Gasteiger charge is 2.29. The van der Waals surface area contributed by atoms with E-state index >= 15 is 0 Å². The van der Waals surface area contributed by atoms with E-state index in [4.69, 9.17) is 0 Å². The Hall–Kier alpha value is -0.130. The number of rotatable bonds is 3. The van der Waals surface area contributed by atoms with Crippen LogP contribution in [0.3, 0.4) is 0 Å². The number of nitrogens with zero attached hydrogens (tertiary/aromatic N) is 1. The van der Waals surface area contributed by atoms with Gasteiger partial charge in [0.25, 0.3) is 0 Å². The third kappa shape index (κ3) is 2.93. The van der Waals surface area contributed by atoms with Crippen LogP contribution in [0.2, 0.25) is 0 Å². The van der Waals surface area contributed by atoms with Crippen molar-refractivity contribution in [1.82, 2.24) is 9.62 Å². The van der Waals surface area contributed by atoms with E-state index in [9.17, 15) is 8.42 Å². The summed E-state index contributed by atoms with van der Waals surface area (Å²) >= 11 is 0. The molecule has 1 N–H and O–H groups in total. The number of piperazine rings is 1. The maximum absolute atomic E-state index is 11.9. The standard InChI is InChI=1S/C9H20N2O2S/c1-8(2)7-14(12,13)11-5-4-10-6-9(11)3/h8-10H,4-7H2,1-3H3/t9-/m0/s1. The number of sulfonamides is 1. The highest BCUT2D eigenvalue weighted by Crippen LogP contribution is 2.12. The summed E-state index contributed by atoms with van der Waals surface area (Å²) in [6, 6.07) is 0.0903. The third-order valence-corrected chi connectivity index (χ3v) is 4.69. The molecule has 1 fully saturated rings. The lowest BCUT2D eigenvalue weighted by atomic mass is 10.3. The second kappa shape index (κ2) is 4.59. The molecule has 0 aromatic rings. The van der Waals surface area contributed by atoms with Crippen molar-refractivity contribution in [2.45, 2.75) is 26.8 Å². The molecule has 0 radical (unpaired) electrons. The highest BCUT2D eigenvalue weighted by molar-refractivity contribution is 7.89. The quantitative estimate of drug-likeness (QED) is 0.742. The lowest BCUT2D eigenvalue weighted by Gasteiger charge is -2.33. The van der Waals surface area contributed by atoms with Gasteiger partial charge in [-0.25, -0.2) is 8.42 Å². The summed E-state index contributed by atoms with van der Waals surface area (Å²) in [5.41, 5.74) is 0. The molecule has 1 aliphatic heterocycles. The molecule has 0 amide bonds. The van der Waals surface area contributed by atoms with Gasteiger partial charge in [-0.2, -0.15) is 4.31 Å². The van der Waals surface area contributed by atoms with E-state index in [1.54, 1.807) is 4.31 Å². The molecule has 1 rings (SSSR count). The van der Waals surface area contributed by atoms with Crippen molar-refractivity contribution in [2.24, 2.45) is 5.92 Å². The fraction of sp³-hybridized carbons (Fsp3) is 1.00. The lowest BCUT2D eigenvalue weighted by molar-refractivity contribution is 0.282. The first-order valence-electron chi connectivity index (χ1n) is 5.13. The van der Waals surface area contributed by atoms with Gasteiger partial charge in [0.2, 0.25) is 10.0 Å². The number of hydrogen-bond donors (Lipinski definition) is 1. The number of nitrogens with one attached hydrogen (secondary N) is 1. The van der Waals surface area contributed by atoms with Crippen LogP contribution in [0.5, 0.6) is 0 Å². The molecule has 0 aromatic heterocycles. The molecule has 4 nitrogen and oxygen atoms in total. The molecule has 84 valence electrons. The monoisotopic (exact) mass is 220 g/mol. The van der Waals surface area contributed by atoms with Crippen molar-refractivity contribution in [3.8, 4) is 0 Å². The topological polar surface area (TPSA) is 49.4 Å². The molecule has 0 bridgehead atoms. The Kier molecular flexibility index (Phi) is 3.92. The Morgan fingerprint density at radius 2 is 2.14 bits per heavy atom. The Bertz CT molecular complexity index is 275. The SMILES string of the molecule is CC(C)CS(=O)(=O)N1CCNC[C@@H]1C. The van der Waals surface area contributed by atoms with Crippen LogP contribution < -0.4 is 5.32 Å². The molecule has 1 atom stereocenters. The molecule has 0 unspecified atom stereocenters. The minimum Gasteiger partial charge on any atom is -0.314 e. The second-order valence-corrected chi connectivity index (χ2v) is 6.30. The molecule has 0 aromatic carbocycles. The predicted octanol–water partition coefficient (Wildman–Crippen LogP) is 0.266. The molecule has 0 aliphatic carbocycles. The Balaban J connectivity index is 2.70.